The molecule has 0 amide bonds. The first-order valence-corrected chi connectivity index (χ1v) is 8.45. The fraction of sp³-hybridized carbons (Fsp3) is 0.211. The molecule has 0 saturated carbocycles. The van der Waals surface area contributed by atoms with Gasteiger partial charge in [-0.1, -0.05) is 32.0 Å². The zero-order valence-electron chi connectivity index (χ0n) is 15.4. The van der Waals surface area contributed by atoms with Gasteiger partial charge in [0.25, 0.3) is 0 Å². The molecular formula is C19H20N8. The van der Waals surface area contributed by atoms with Crippen LogP contribution >= 0.6 is 0 Å². The van der Waals surface area contributed by atoms with E-state index in [0.717, 1.165) is 16.9 Å². The number of anilines is 3. The molecule has 2 heterocycles. The van der Waals surface area contributed by atoms with E-state index in [-0.39, 0.29) is 29.2 Å². The number of aromatic nitrogens is 5. The number of hydrogen-bond acceptors (Lipinski definition) is 7. The quantitative estimate of drug-likeness (QED) is 0.671. The van der Waals surface area contributed by atoms with Crippen LogP contribution in [0.15, 0.2) is 36.5 Å². The normalized spacial score (nSPS) is 11.4. The van der Waals surface area contributed by atoms with Crippen LogP contribution in [-0.2, 0) is 7.05 Å². The Morgan fingerprint density at radius 2 is 1.96 bits per heavy atom. The Hall–Kier alpha value is -3.73. The lowest BCUT2D eigenvalue weighted by molar-refractivity contribution is 0.713. The van der Waals surface area contributed by atoms with Crippen LogP contribution in [0.5, 0.6) is 0 Å². The topological polar surface area (TPSA) is 118 Å². The van der Waals surface area contributed by atoms with Gasteiger partial charge in [-0.25, -0.2) is 0 Å². The Labute approximate surface area is 157 Å². The van der Waals surface area contributed by atoms with E-state index in [9.17, 15) is 5.26 Å². The summed E-state index contributed by atoms with van der Waals surface area (Å²) < 4.78 is 1.72. The molecule has 0 unspecified atom stereocenters. The van der Waals surface area contributed by atoms with Crippen molar-refractivity contribution in [3.63, 3.8) is 0 Å². The number of nitrogens with one attached hydrogen (secondary N) is 1. The Kier molecular flexibility index (Phi) is 5.13. The van der Waals surface area contributed by atoms with E-state index in [1.807, 2.05) is 43.6 Å². The van der Waals surface area contributed by atoms with Crippen LogP contribution in [0.25, 0.3) is 11.6 Å². The lowest BCUT2D eigenvalue weighted by atomic mass is 10.0. The van der Waals surface area contributed by atoms with Gasteiger partial charge in [0.05, 0.1) is 11.3 Å². The van der Waals surface area contributed by atoms with Crippen molar-refractivity contribution in [2.45, 2.75) is 19.8 Å². The standard InChI is InChI=1S/C19H20N8/c1-12(2)16-14(11-27(3)26-16)9-13(10-20)17-23-18(21)25-19(24-17)22-15-7-5-4-6-8-15/h4-9,11-12H,1-3H3,(H3,21,22,23,24,25)/b13-9-. The molecule has 136 valence electrons. The van der Waals surface area contributed by atoms with Crippen LogP contribution in [0.2, 0.25) is 0 Å². The van der Waals surface area contributed by atoms with Crippen molar-refractivity contribution in [3.8, 4) is 6.07 Å². The summed E-state index contributed by atoms with van der Waals surface area (Å²) in [5.74, 6) is 0.744. The second-order valence-electron chi connectivity index (χ2n) is 6.30. The first-order valence-electron chi connectivity index (χ1n) is 8.45. The molecule has 0 aliphatic rings. The highest BCUT2D eigenvalue weighted by atomic mass is 15.3. The summed E-state index contributed by atoms with van der Waals surface area (Å²) in [6.45, 7) is 4.10. The van der Waals surface area contributed by atoms with Gasteiger partial charge in [0.2, 0.25) is 11.9 Å². The van der Waals surface area contributed by atoms with Crippen molar-refractivity contribution >= 4 is 29.2 Å². The number of nitrogen functional groups attached to an aromatic ring is 1. The van der Waals surface area contributed by atoms with E-state index in [4.69, 9.17) is 5.73 Å². The Balaban J connectivity index is 2.00. The van der Waals surface area contributed by atoms with Crippen molar-refractivity contribution in [3.05, 3.63) is 53.6 Å². The molecule has 0 fully saturated rings. The SMILES string of the molecule is CC(C)c1nn(C)cc1/C=C(/C#N)c1nc(N)nc(Nc2ccccc2)n1. The fourth-order valence-corrected chi connectivity index (χ4v) is 2.61. The van der Waals surface area contributed by atoms with Crippen molar-refractivity contribution in [2.24, 2.45) is 7.05 Å². The van der Waals surface area contributed by atoms with Gasteiger partial charge >= 0.3 is 0 Å². The number of aryl methyl sites for hydroxylation is 1. The minimum Gasteiger partial charge on any atom is -0.368 e. The first-order chi connectivity index (χ1) is 13.0. The monoisotopic (exact) mass is 360 g/mol. The number of nitriles is 1. The van der Waals surface area contributed by atoms with Gasteiger partial charge in [0, 0.05) is 24.5 Å². The molecule has 0 bridgehead atoms. The smallest absolute Gasteiger partial charge is 0.232 e. The summed E-state index contributed by atoms with van der Waals surface area (Å²) in [4.78, 5) is 12.6. The minimum absolute atomic E-state index is 0.0369. The molecule has 0 atom stereocenters. The fourth-order valence-electron chi connectivity index (χ4n) is 2.61. The number of nitrogens with two attached hydrogens (primary N) is 1. The molecule has 2 aromatic heterocycles. The van der Waals surface area contributed by atoms with Crippen LogP contribution in [0.4, 0.5) is 17.6 Å². The maximum absolute atomic E-state index is 9.64. The largest absolute Gasteiger partial charge is 0.368 e. The zero-order valence-corrected chi connectivity index (χ0v) is 15.4. The first kappa shape index (κ1) is 18.1. The summed E-state index contributed by atoms with van der Waals surface area (Å²) >= 11 is 0. The predicted molar refractivity (Wildman–Crippen MR) is 105 cm³/mol. The number of allylic oxidation sites excluding steroid dienone is 1. The van der Waals surface area contributed by atoms with Crippen LogP contribution in [0.1, 0.15) is 36.8 Å². The van der Waals surface area contributed by atoms with E-state index < -0.39 is 0 Å². The van der Waals surface area contributed by atoms with Crippen LogP contribution in [-0.4, -0.2) is 24.7 Å². The van der Waals surface area contributed by atoms with Gasteiger partial charge in [-0.15, -0.1) is 0 Å². The molecule has 8 heteroatoms. The van der Waals surface area contributed by atoms with Gasteiger partial charge in [-0.05, 0) is 24.1 Å². The molecule has 0 saturated heterocycles. The van der Waals surface area contributed by atoms with Gasteiger partial charge in [-0.3, -0.25) is 4.68 Å². The highest BCUT2D eigenvalue weighted by Gasteiger charge is 2.14. The molecule has 1 aromatic carbocycles. The maximum atomic E-state index is 9.64. The van der Waals surface area contributed by atoms with Crippen molar-refractivity contribution in [1.82, 2.24) is 24.7 Å². The second-order valence-corrected chi connectivity index (χ2v) is 6.30. The number of para-hydroxylation sites is 1. The third kappa shape index (κ3) is 4.27. The molecule has 27 heavy (non-hydrogen) atoms. The van der Waals surface area contributed by atoms with E-state index >= 15 is 0 Å². The number of hydrogen-bond donors (Lipinski definition) is 2. The van der Waals surface area contributed by atoms with Gasteiger partial charge in [0.15, 0.2) is 5.82 Å². The average molecular weight is 360 g/mol. The highest BCUT2D eigenvalue weighted by molar-refractivity contribution is 5.87. The van der Waals surface area contributed by atoms with Crippen molar-refractivity contribution < 1.29 is 0 Å². The summed E-state index contributed by atoms with van der Waals surface area (Å²) in [7, 11) is 1.85. The average Bonchev–Trinajstić information content (AvgIpc) is 3.00. The van der Waals surface area contributed by atoms with E-state index in [1.165, 1.54) is 0 Å². The van der Waals surface area contributed by atoms with Gasteiger partial charge in [0.1, 0.15) is 6.07 Å². The molecule has 0 aliphatic carbocycles. The van der Waals surface area contributed by atoms with Crippen LogP contribution in [0, 0.1) is 11.3 Å². The summed E-state index contributed by atoms with van der Waals surface area (Å²) in [5, 5.41) is 17.2. The molecule has 8 nitrogen and oxygen atoms in total. The van der Waals surface area contributed by atoms with E-state index in [0.29, 0.717) is 0 Å². The second kappa shape index (κ2) is 7.66. The summed E-state index contributed by atoms with van der Waals surface area (Å²) in [6.07, 6.45) is 3.59. The third-order valence-electron chi connectivity index (χ3n) is 3.78. The molecule has 3 aromatic rings. The highest BCUT2D eigenvalue weighted by Crippen LogP contribution is 2.23. The van der Waals surface area contributed by atoms with E-state index in [2.05, 4.69) is 45.3 Å². The summed E-state index contributed by atoms with van der Waals surface area (Å²) in [6, 6.07) is 11.6. The van der Waals surface area contributed by atoms with Gasteiger partial charge < -0.3 is 11.1 Å². The molecule has 3 N–H and O–H groups in total. The number of benzene rings is 1. The third-order valence-corrected chi connectivity index (χ3v) is 3.78. The number of rotatable bonds is 5. The zero-order chi connectivity index (χ0) is 19.4. The Bertz CT molecular complexity index is 1010. The lowest BCUT2D eigenvalue weighted by Crippen LogP contribution is -2.06. The Morgan fingerprint density at radius 1 is 1.22 bits per heavy atom. The minimum atomic E-state index is 0.0369. The van der Waals surface area contributed by atoms with Crippen LogP contribution < -0.4 is 11.1 Å². The molecule has 3 rings (SSSR count). The number of nitrogens with zero attached hydrogens (tertiary/aromatic N) is 6. The Morgan fingerprint density at radius 3 is 2.63 bits per heavy atom. The van der Waals surface area contributed by atoms with Gasteiger partial charge in [-0.2, -0.15) is 25.3 Å². The van der Waals surface area contributed by atoms with Crippen molar-refractivity contribution in [1.29, 1.82) is 5.26 Å². The van der Waals surface area contributed by atoms with E-state index in [1.54, 1.807) is 10.8 Å². The lowest BCUT2D eigenvalue weighted by Gasteiger charge is -2.07. The predicted octanol–water partition coefficient (Wildman–Crippen LogP) is 3.12. The summed E-state index contributed by atoms with van der Waals surface area (Å²) in [5.41, 5.74) is 8.67. The molecule has 0 spiro atoms. The molecular weight excluding hydrogens is 340 g/mol. The molecule has 0 radical (unpaired) electrons. The maximum Gasteiger partial charge on any atom is 0.232 e. The van der Waals surface area contributed by atoms with Crippen LogP contribution in [0.3, 0.4) is 0 Å². The van der Waals surface area contributed by atoms with Crippen molar-refractivity contribution in [2.75, 3.05) is 11.1 Å². The molecule has 0 aliphatic heterocycles.